The Morgan fingerprint density at radius 3 is 2.81 bits per heavy atom. The van der Waals surface area contributed by atoms with Crippen LogP contribution in [0.4, 0.5) is 0 Å². The Hall–Kier alpha value is -1.84. The molecule has 0 saturated heterocycles. The van der Waals surface area contributed by atoms with Crippen LogP contribution in [0.15, 0.2) is 29.3 Å². The second-order valence-electron chi connectivity index (χ2n) is 3.14. The first-order valence-corrected chi connectivity index (χ1v) is 5.81. The van der Waals surface area contributed by atoms with Gasteiger partial charge in [0.1, 0.15) is 0 Å². The van der Waals surface area contributed by atoms with E-state index in [-0.39, 0.29) is 4.90 Å². The zero-order valence-electron chi connectivity index (χ0n) is 8.39. The zero-order valence-corrected chi connectivity index (χ0v) is 9.21. The maximum atomic E-state index is 11.5. The highest BCUT2D eigenvalue weighted by atomic mass is 32.2. The lowest BCUT2D eigenvalue weighted by atomic mass is 10.1. The molecule has 0 bridgehead atoms. The van der Waals surface area contributed by atoms with Crippen molar-refractivity contribution in [1.29, 1.82) is 5.26 Å². The second kappa shape index (κ2) is 3.63. The van der Waals surface area contributed by atoms with E-state index in [1.165, 1.54) is 12.1 Å². The van der Waals surface area contributed by atoms with Gasteiger partial charge in [-0.3, -0.25) is 4.18 Å². The van der Waals surface area contributed by atoms with Crippen molar-refractivity contribution < 1.29 is 12.6 Å². The number of aromatic nitrogens is 1. The minimum atomic E-state index is -3.77. The van der Waals surface area contributed by atoms with Gasteiger partial charge in [0.15, 0.2) is 0 Å². The fourth-order valence-electron chi connectivity index (χ4n) is 1.47. The topological polar surface area (TPSA) is 82.9 Å². The molecule has 0 saturated carbocycles. The lowest BCUT2D eigenvalue weighted by molar-refractivity contribution is 0.398. The fraction of sp³-hybridized carbons (Fsp3) is 0.100. The van der Waals surface area contributed by atoms with Gasteiger partial charge in [-0.2, -0.15) is 13.7 Å². The summed E-state index contributed by atoms with van der Waals surface area (Å²) in [4.78, 5) is 2.83. The van der Waals surface area contributed by atoms with E-state index < -0.39 is 10.1 Å². The Morgan fingerprint density at radius 2 is 2.19 bits per heavy atom. The number of benzene rings is 1. The molecule has 0 aliphatic heterocycles. The molecule has 0 amide bonds. The van der Waals surface area contributed by atoms with E-state index in [0.717, 1.165) is 7.11 Å². The number of rotatable bonds is 2. The third-order valence-electron chi connectivity index (χ3n) is 2.27. The monoisotopic (exact) mass is 236 g/mol. The van der Waals surface area contributed by atoms with Gasteiger partial charge in [0, 0.05) is 17.1 Å². The van der Waals surface area contributed by atoms with E-state index >= 15 is 0 Å². The number of hydrogen-bond donors (Lipinski definition) is 1. The van der Waals surface area contributed by atoms with Gasteiger partial charge in [-0.25, -0.2) is 0 Å². The summed E-state index contributed by atoms with van der Waals surface area (Å²) < 4.78 is 27.4. The Kier molecular flexibility index (Phi) is 2.42. The first-order valence-electron chi connectivity index (χ1n) is 4.40. The van der Waals surface area contributed by atoms with Crippen LogP contribution >= 0.6 is 0 Å². The van der Waals surface area contributed by atoms with E-state index in [4.69, 9.17) is 5.26 Å². The summed E-state index contributed by atoms with van der Waals surface area (Å²) in [6.07, 6.45) is 1.65. The molecule has 2 aromatic rings. The van der Waals surface area contributed by atoms with E-state index in [9.17, 15) is 8.42 Å². The molecule has 0 fully saturated rings. The lowest BCUT2D eigenvalue weighted by Gasteiger charge is -2.02. The summed E-state index contributed by atoms with van der Waals surface area (Å²) in [5.41, 5.74) is 0.893. The lowest BCUT2D eigenvalue weighted by Crippen LogP contribution is -2.03. The maximum absolute atomic E-state index is 11.5. The molecule has 0 aliphatic carbocycles. The summed E-state index contributed by atoms with van der Waals surface area (Å²) >= 11 is 0. The number of aromatic amines is 1. The smallest absolute Gasteiger partial charge is 0.296 e. The van der Waals surface area contributed by atoms with Gasteiger partial charge >= 0.3 is 0 Å². The van der Waals surface area contributed by atoms with Crippen molar-refractivity contribution in [3.63, 3.8) is 0 Å². The molecule has 2 rings (SSSR count). The average molecular weight is 236 g/mol. The number of nitrogens with zero attached hydrogens (tertiary/aromatic N) is 1. The van der Waals surface area contributed by atoms with E-state index in [2.05, 4.69) is 9.17 Å². The van der Waals surface area contributed by atoms with Crippen molar-refractivity contribution in [3.8, 4) is 6.07 Å². The molecule has 82 valence electrons. The molecule has 1 aromatic carbocycles. The van der Waals surface area contributed by atoms with Crippen LogP contribution < -0.4 is 0 Å². The van der Waals surface area contributed by atoms with E-state index in [1.54, 1.807) is 12.3 Å². The van der Waals surface area contributed by atoms with Gasteiger partial charge in [0.2, 0.25) is 0 Å². The van der Waals surface area contributed by atoms with Crippen molar-refractivity contribution in [2.24, 2.45) is 0 Å². The molecular weight excluding hydrogens is 228 g/mol. The van der Waals surface area contributed by atoms with Crippen molar-refractivity contribution in [2.75, 3.05) is 7.11 Å². The number of hydrogen-bond acceptors (Lipinski definition) is 4. The highest BCUT2D eigenvalue weighted by Gasteiger charge is 2.16. The maximum Gasteiger partial charge on any atom is 0.296 e. The Labute approximate surface area is 92.4 Å². The summed E-state index contributed by atoms with van der Waals surface area (Å²) in [6.45, 7) is 0. The van der Waals surface area contributed by atoms with Gasteiger partial charge in [0.25, 0.3) is 10.1 Å². The number of nitrogens with one attached hydrogen (secondary N) is 1. The van der Waals surface area contributed by atoms with Crippen molar-refractivity contribution in [2.45, 2.75) is 4.90 Å². The number of fused-ring (bicyclic) bond motifs is 1. The molecule has 0 radical (unpaired) electrons. The van der Waals surface area contributed by atoms with Gasteiger partial charge in [-0.1, -0.05) is 0 Å². The Morgan fingerprint density at radius 1 is 1.44 bits per heavy atom. The standard InChI is InChI=1S/C10H8N2O3S/c1-15-16(13,14)8-4-7(6-11)9-2-3-12-10(9)5-8/h2-5,12H,1H3. The summed E-state index contributed by atoms with van der Waals surface area (Å²) in [7, 11) is -2.69. The average Bonchev–Trinajstić information content (AvgIpc) is 2.75. The predicted molar refractivity (Wildman–Crippen MR) is 57.2 cm³/mol. The quantitative estimate of drug-likeness (QED) is 0.798. The minimum Gasteiger partial charge on any atom is -0.361 e. The van der Waals surface area contributed by atoms with Crippen molar-refractivity contribution in [3.05, 3.63) is 30.0 Å². The molecule has 1 aromatic heterocycles. The normalized spacial score (nSPS) is 11.5. The van der Waals surface area contributed by atoms with E-state index in [1.807, 2.05) is 6.07 Å². The van der Waals surface area contributed by atoms with Crippen LogP contribution in [0.3, 0.4) is 0 Å². The third kappa shape index (κ3) is 1.56. The summed E-state index contributed by atoms with van der Waals surface area (Å²) in [6, 6.07) is 6.41. The van der Waals surface area contributed by atoms with Crippen molar-refractivity contribution in [1.82, 2.24) is 4.98 Å². The Balaban J connectivity index is 2.80. The molecule has 5 nitrogen and oxygen atoms in total. The summed E-state index contributed by atoms with van der Waals surface area (Å²) in [5, 5.41) is 9.61. The first kappa shape index (κ1) is 10.7. The molecular formula is C10H8N2O3S. The SMILES string of the molecule is COS(=O)(=O)c1cc(C#N)c2cc[nH]c2c1. The molecule has 0 spiro atoms. The van der Waals surface area contributed by atoms with Gasteiger partial charge in [0.05, 0.1) is 23.6 Å². The first-order chi connectivity index (χ1) is 7.58. The molecule has 1 N–H and O–H groups in total. The second-order valence-corrected chi connectivity index (χ2v) is 4.86. The van der Waals surface area contributed by atoms with Gasteiger partial charge < -0.3 is 4.98 Å². The van der Waals surface area contributed by atoms with E-state index in [0.29, 0.717) is 16.5 Å². The van der Waals surface area contributed by atoms with Crippen LogP contribution in [-0.2, 0) is 14.3 Å². The van der Waals surface area contributed by atoms with Gasteiger partial charge in [-0.15, -0.1) is 0 Å². The third-order valence-corrected chi connectivity index (χ3v) is 3.52. The zero-order chi connectivity index (χ0) is 11.8. The van der Waals surface area contributed by atoms with Crippen molar-refractivity contribution >= 4 is 21.0 Å². The Bertz CT molecular complexity index is 680. The van der Waals surface area contributed by atoms with Crippen LogP contribution in [0.1, 0.15) is 5.56 Å². The predicted octanol–water partition coefficient (Wildman–Crippen LogP) is 1.37. The fourth-order valence-corrected chi connectivity index (χ4v) is 2.19. The van der Waals surface area contributed by atoms with Crippen LogP contribution in [0, 0.1) is 11.3 Å². The van der Waals surface area contributed by atoms with Crippen LogP contribution in [-0.4, -0.2) is 20.5 Å². The molecule has 16 heavy (non-hydrogen) atoms. The minimum absolute atomic E-state index is 0.0264. The summed E-state index contributed by atoms with van der Waals surface area (Å²) in [5.74, 6) is 0. The number of nitriles is 1. The van der Waals surface area contributed by atoms with Gasteiger partial charge in [-0.05, 0) is 18.2 Å². The van der Waals surface area contributed by atoms with Crippen LogP contribution in [0.5, 0.6) is 0 Å². The molecule has 0 aliphatic rings. The largest absolute Gasteiger partial charge is 0.361 e. The molecule has 0 unspecified atom stereocenters. The molecule has 1 heterocycles. The number of H-pyrrole nitrogens is 1. The van der Waals surface area contributed by atoms with Crippen LogP contribution in [0.2, 0.25) is 0 Å². The highest BCUT2D eigenvalue weighted by molar-refractivity contribution is 7.86. The highest BCUT2D eigenvalue weighted by Crippen LogP contribution is 2.23. The molecule has 0 atom stereocenters. The molecule has 6 heteroatoms. The van der Waals surface area contributed by atoms with Crippen LogP contribution in [0.25, 0.3) is 10.9 Å².